The Balaban J connectivity index is 2.29. The highest BCUT2D eigenvalue weighted by Gasteiger charge is 2.07. The second-order valence-electron chi connectivity index (χ2n) is 3.88. The van der Waals surface area contributed by atoms with Crippen molar-refractivity contribution >= 4 is 23.1 Å². The zero-order valence-electron chi connectivity index (χ0n) is 11.4. The molecular weight excluding hydrogens is 278 g/mol. The molecule has 106 valence electrons. The molecule has 1 N–H and O–H groups in total. The van der Waals surface area contributed by atoms with Gasteiger partial charge in [-0.05, 0) is 26.0 Å². The standard InChI is InChI=1S/C14H16ClN3O2/c1-3-19-10-5-6-12(20-4-2)11(7-10)17-14-9-16-8-13(15)18-14/h5-9H,3-4H2,1-2H3,(H,17,18). The average Bonchev–Trinajstić information content (AvgIpc) is 2.42. The normalized spacial score (nSPS) is 10.2. The van der Waals surface area contributed by atoms with Crippen molar-refractivity contribution in [3.05, 3.63) is 35.7 Å². The lowest BCUT2D eigenvalue weighted by Crippen LogP contribution is -2.01. The highest BCUT2D eigenvalue weighted by molar-refractivity contribution is 6.29. The van der Waals surface area contributed by atoms with E-state index in [1.54, 1.807) is 6.20 Å². The van der Waals surface area contributed by atoms with Gasteiger partial charge in [-0.15, -0.1) is 0 Å². The van der Waals surface area contributed by atoms with Gasteiger partial charge in [-0.2, -0.15) is 0 Å². The van der Waals surface area contributed by atoms with Crippen LogP contribution in [0.1, 0.15) is 13.8 Å². The Hall–Kier alpha value is -2.01. The van der Waals surface area contributed by atoms with E-state index in [1.165, 1.54) is 6.20 Å². The van der Waals surface area contributed by atoms with Crippen LogP contribution in [-0.2, 0) is 0 Å². The summed E-state index contributed by atoms with van der Waals surface area (Å²) >= 11 is 5.82. The summed E-state index contributed by atoms with van der Waals surface area (Å²) in [5.74, 6) is 2.03. The van der Waals surface area contributed by atoms with Crippen LogP contribution in [0.4, 0.5) is 11.5 Å². The zero-order chi connectivity index (χ0) is 14.4. The molecular formula is C14H16ClN3O2. The average molecular weight is 294 g/mol. The molecule has 0 fully saturated rings. The molecule has 0 atom stereocenters. The third-order valence-electron chi connectivity index (χ3n) is 2.43. The monoisotopic (exact) mass is 293 g/mol. The summed E-state index contributed by atoms with van der Waals surface area (Å²) in [6, 6.07) is 5.58. The third-order valence-corrected chi connectivity index (χ3v) is 2.61. The fourth-order valence-corrected chi connectivity index (χ4v) is 1.83. The molecule has 6 heteroatoms. The predicted molar refractivity (Wildman–Crippen MR) is 79.1 cm³/mol. The number of anilines is 2. The van der Waals surface area contributed by atoms with E-state index in [0.29, 0.717) is 24.2 Å². The van der Waals surface area contributed by atoms with Gasteiger partial charge >= 0.3 is 0 Å². The molecule has 2 rings (SSSR count). The molecule has 1 aromatic carbocycles. The van der Waals surface area contributed by atoms with Crippen LogP contribution in [0.3, 0.4) is 0 Å². The SMILES string of the molecule is CCOc1ccc(OCC)c(Nc2cncc(Cl)n2)c1. The minimum absolute atomic E-state index is 0.328. The Morgan fingerprint density at radius 1 is 1.15 bits per heavy atom. The first kappa shape index (κ1) is 14.4. The topological polar surface area (TPSA) is 56.3 Å². The maximum Gasteiger partial charge on any atom is 0.150 e. The first-order valence-electron chi connectivity index (χ1n) is 6.37. The van der Waals surface area contributed by atoms with Crippen molar-refractivity contribution in [1.82, 2.24) is 9.97 Å². The molecule has 0 spiro atoms. The van der Waals surface area contributed by atoms with Gasteiger partial charge < -0.3 is 14.8 Å². The largest absolute Gasteiger partial charge is 0.494 e. The first-order valence-corrected chi connectivity index (χ1v) is 6.75. The molecule has 0 saturated carbocycles. The van der Waals surface area contributed by atoms with Gasteiger partial charge in [0, 0.05) is 6.07 Å². The van der Waals surface area contributed by atoms with E-state index in [4.69, 9.17) is 21.1 Å². The molecule has 0 unspecified atom stereocenters. The zero-order valence-corrected chi connectivity index (χ0v) is 12.1. The van der Waals surface area contributed by atoms with E-state index >= 15 is 0 Å². The number of nitrogens with one attached hydrogen (secondary N) is 1. The maximum absolute atomic E-state index is 5.82. The summed E-state index contributed by atoms with van der Waals surface area (Å²) in [5.41, 5.74) is 0.759. The predicted octanol–water partition coefficient (Wildman–Crippen LogP) is 3.67. The van der Waals surface area contributed by atoms with Crippen LogP contribution in [0.5, 0.6) is 11.5 Å². The lowest BCUT2D eigenvalue weighted by molar-refractivity contribution is 0.332. The summed E-state index contributed by atoms with van der Waals surface area (Å²) in [5, 5.41) is 3.46. The number of hydrogen-bond donors (Lipinski definition) is 1. The van der Waals surface area contributed by atoms with E-state index in [1.807, 2.05) is 32.0 Å². The molecule has 0 saturated heterocycles. The Bertz CT molecular complexity index is 578. The fraction of sp³-hybridized carbons (Fsp3) is 0.286. The molecule has 1 heterocycles. The molecule has 5 nitrogen and oxygen atoms in total. The van der Waals surface area contributed by atoms with Gasteiger partial charge in [0.1, 0.15) is 16.7 Å². The third kappa shape index (κ3) is 3.74. The maximum atomic E-state index is 5.82. The second kappa shape index (κ2) is 6.96. The Kier molecular flexibility index (Phi) is 5.01. The van der Waals surface area contributed by atoms with Crippen LogP contribution < -0.4 is 14.8 Å². The van der Waals surface area contributed by atoms with Crippen molar-refractivity contribution < 1.29 is 9.47 Å². The molecule has 2 aromatic rings. The molecule has 0 aliphatic rings. The minimum Gasteiger partial charge on any atom is -0.494 e. The van der Waals surface area contributed by atoms with Crippen molar-refractivity contribution in [2.45, 2.75) is 13.8 Å². The van der Waals surface area contributed by atoms with Crippen molar-refractivity contribution in [3.63, 3.8) is 0 Å². The Labute approximate surface area is 122 Å². The molecule has 20 heavy (non-hydrogen) atoms. The highest BCUT2D eigenvalue weighted by atomic mass is 35.5. The molecule has 1 aromatic heterocycles. The molecule has 0 aliphatic carbocycles. The summed E-state index contributed by atoms with van der Waals surface area (Å²) < 4.78 is 11.1. The molecule has 0 amide bonds. The van der Waals surface area contributed by atoms with E-state index in [2.05, 4.69) is 15.3 Å². The lowest BCUT2D eigenvalue weighted by Gasteiger charge is -2.13. The number of benzene rings is 1. The van der Waals surface area contributed by atoms with Crippen LogP contribution in [0.2, 0.25) is 5.15 Å². The van der Waals surface area contributed by atoms with Gasteiger partial charge in [-0.25, -0.2) is 4.98 Å². The smallest absolute Gasteiger partial charge is 0.150 e. The fourth-order valence-electron chi connectivity index (χ4n) is 1.68. The lowest BCUT2D eigenvalue weighted by atomic mass is 10.2. The Morgan fingerprint density at radius 3 is 2.65 bits per heavy atom. The van der Waals surface area contributed by atoms with E-state index < -0.39 is 0 Å². The Morgan fingerprint density at radius 2 is 1.95 bits per heavy atom. The summed E-state index contributed by atoms with van der Waals surface area (Å²) in [7, 11) is 0. The summed E-state index contributed by atoms with van der Waals surface area (Å²) in [6.45, 7) is 5.04. The van der Waals surface area contributed by atoms with Gasteiger partial charge in [-0.1, -0.05) is 11.6 Å². The van der Waals surface area contributed by atoms with Gasteiger partial charge in [-0.3, -0.25) is 4.98 Å². The van der Waals surface area contributed by atoms with Crippen molar-refractivity contribution in [3.8, 4) is 11.5 Å². The van der Waals surface area contributed by atoms with Crippen LogP contribution in [-0.4, -0.2) is 23.2 Å². The number of nitrogens with zero attached hydrogens (tertiary/aromatic N) is 2. The number of rotatable bonds is 6. The van der Waals surface area contributed by atoms with E-state index in [0.717, 1.165) is 17.2 Å². The number of halogens is 1. The van der Waals surface area contributed by atoms with Crippen molar-refractivity contribution in [2.24, 2.45) is 0 Å². The van der Waals surface area contributed by atoms with Crippen LogP contribution >= 0.6 is 11.6 Å². The number of ether oxygens (including phenoxy) is 2. The first-order chi connectivity index (χ1) is 9.72. The number of aromatic nitrogens is 2. The van der Waals surface area contributed by atoms with Crippen molar-refractivity contribution in [2.75, 3.05) is 18.5 Å². The van der Waals surface area contributed by atoms with Gasteiger partial charge in [0.15, 0.2) is 5.82 Å². The van der Waals surface area contributed by atoms with Crippen molar-refractivity contribution in [1.29, 1.82) is 0 Å². The second-order valence-corrected chi connectivity index (χ2v) is 4.26. The van der Waals surface area contributed by atoms with Crippen LogP contribution in [0, 0.1) is 0 Å². The molecule has 0 radical (unpaired) electrons. The van der Waals surface area contributed by atoms with Gasteiger partial charge in [0.2, 0.25) is 0 Å². The number of hydrogen-bond acceptors (Lipinski definition) is 5. The highest BCUT2D eigenvalue weighted by Crippen LogP contribution is 2.31. The summed E-state index contributed by atoms with van der Waals surface area (Å²) in [6.07, 6.45) is 3.07. The van der Waals surface area contributed by atoms with Crippen LogP contribution in [0.25, 0.3) is 0 Å². The molecule has 0 aliphatic heterocycles. The van der Waals surface area contributed by atoms with Gasteiger partial charge in [0.05, 0.1) is 31.3 Å². The van der Waals surface area contributed by atoms with E-state index in [9.17, 15) is 0 Å². The van der Waals surface area contributed by atoms with Gasteiger partial charge in [0.25, 0.3) is 0 Å². The molecule has 0 bridgehead atoms. The minimum atomic E-state index is 0.328. The summed E-state index contributed by atoms with van der Waals surface area (Å²) in [4.78, 5) is 8.13. The van der Waals surface area contributed by atoms with E-state index in [-0.39, 0.29) is 0 Å². The quantitative estimate of drug-likeness (QED) is 0.880. The van der Waals surface area contributed by atoms with Crippen LogP contribution in [0.15, 0.2) is 30.6 Å².